The standard InChI is InChI=1S/C21H29FN4O2/c1-24(2)21(27)26-11-5-15(6-12-26)14-25-9-7-16(8-10-25)20-18-4-3-17(22)13-19(18)28-23-20/h3-4,13,15-16H,5-12,14H2,1-2H3. The highest BCUT2D eigenvalue weighted by Crippen LogP contribution is 2.33. The molecule has 2 aliphatic rings. The molecule has 0 radical (unpaired) electrons. The Labute approximate surface area is 165 Å². The Kier molecular flexibility index (Phi) is 5.53. The molecule has 2 aromatic rings. The fourth-order valence-electron chi connectivity index (χ4n) is 4.57. The largest absolute Gasteiger partial charge is 0.356 e. The van der Waals surface area contributed by atoms with Crippen molar-refractivity contribution in [2.75, 3.05) is 46.8 Å². The molecule has 1 aromatic carbocycles. The normalized spacial score (nSPS) is 20.0. The minimum absolute atomic E-state index is 0.124. The molecule has 2 aliphatic heterocycles. The highest BCUT2D eigenvalue weighted by Gasteiger charge is 2.29. The highest BCUT2D eigenvalue weighted by atomic mass is 19.1. The molecule has 3 heterocycles. The van der Waals surface area contributed by atoms with Crippen LogP contribution in [0.25, 0.3) is 11.0 Å². The molecule has 0 atom stereocenters. The first kappa shape index (κ1) is 19.2. The smallest absolute Gasteiger partial charge is 0.319 e. The second-order valence-corrected chi connectivity index (χ2v) is 8.39. The molecule has 0 unspecified atom stereocenters. The third kappa shape index (κ3) is 3.99. The zero-order valence-electron chi connectivity index (χ0n) is 16.7. The first-order valence-electron chi connectivity index (χ1n) is 10.2. The van der Waals surface area contributed by atoms with E-state index in [0.29, 0.717) is 17.4 Å². The van der Waals surface area contributed by atoms with Crippen LogP contribution >= 0.6 is 0 Å². The summed E-state index contributed by atoms with van der Waals surface area (Å²) < 4.78 is 18.7. The van der Waals surface area contributed by atoms with Crippen LogP contribution in [-0.2, 0) is 0 Å². The van der Waals surface area contributed by atoms with Gasteiger partial charge in [-0.1, -0.05) is 5.16 Å². The van der Waals surface area contributed by atoms with Crippen molar-refractivity contribution < 1.29 is 13.7 Å². The monoisotopic (exact) mass is 388 g/mol. The summed E-state index contributed by atoms with van der Waals surface area (Å²) in [5.74, 6) is 0.754. The van der Waals surface area contributed by atoms with Crippen LogP contribution in [0, 0.1) is 11.7 Å². The van der Waals surface area contributed by atoms with Crippen LogP contribution in [0.1, 0.15) is 37.3 Å². The minimum atomic E-state index is -0.289. The van der Waals surface area contributed by atoms with Crippen LogP contribution in [-0.4, -0.2) is 72.7 Å². The number of amides is 2. The van der Waals surface area contributed by atoms with Crippen LogP contribution in [0.4, 0.5) is 9.18 Å². The number of carbonyl (C=O) groups excluding carboxylic acids is 1. The molecular formula is C21H29FN4O2. The van der Waals surface area contributed by atoms with Gasteiger partial charge in [-0.2, -0.15) is 0 Å². The van der Waals surface area contributed by atoms with Gasteiger partial charge in [0.15, 0.2) is 5.58 Å². The predicted octanol–water partition coefficient (Wildman–Crippen LogP) is 3.54. The van der Waals surface area contributed by atoms with Gasteiger partial charge in [-0.15, -0.1) is 0 Å². The molecule has 4 rings (SSSR count). The summed E-state index contributed by atoms with van der Waals surface area (Å²) in [6.07, 6.45) is 4.27. The van der Waals surface area contributed by atoms with Crippen LogP contribution in [0.5, 0.6) is 0 Å². The number of piperidine rings is 2. The number of nitrogens with zero attached hydrogens (tertiary/aromatic N) is 4. The SMILES string of the molecule is CN(C)C(=O)N1CCC(CN2CCC(c3noc4cc(F)ccc34)CC2)CC1. The molecule has 0 bridgehead atoms. The molecule has 2 saturated heterocycles. The number of hydrogen-bond donors (Lipinski definition) is 0. The topological polar surface area (TPSA) is 52.8 Å². The van der Waals surface area contributed by atoms with Gasteiger partial charge in [-0.25, -0.2) is 9.18 Å². The summed E-state index contributed by atoms with van der Waals surface area (Å²) in [7, 11) is 3.63. The maximum atomic E-state index is 13.4. The van der Waals surface area contributed by atoms with E-state index in [2.05, 4.69) is 10.1 Å². The first-order valence-corrected chi connectivity index (χ1v) is 10.2. The lowest BCUT2D eigenvalue weighted by molar-refractivity contribution is 0.121. The minimum Gasteiger partial charge on any atom is -0.356 e. The predicted molar refractivity (Wildman–Crippen MR) is 106 cm³/mol. The van der Waals surface area contributed by atoms with Crippen molar-refractivity contribution in [2.45, 2.75) is 31.6 Å². The van der Waals surface area contributed by atoms with Crippen molar-refractivity contribution in [3.8, 4) is 0 Å². The Hall–Kier alpha value is -2.15. The van der Waals surface area contributed by atoms with E-state index in [-0.39, 0.29) is 11.8 Å². The van der Waals surface area contributed by atoms with E-state index in [9.17, 15) is 9.18 Å². The molecule has 152 valence electrons. The number of halogens is 1. The molecular weight excluding hydrogens is 359 g/mol. The second kappa shape index (κ2) is 8.07. The fraction of sp³-hybridized carbons (Fsp3) is 0.619. The maximum absolute atomic E-state index is 13.4. The fourth-order valence-corrected chi connectivity index (χ4v) is 4.57. The van der Waals surface area contributed by atoms with Crippen LogP contribution in [0.3, 0.4) is 0 Å². The first-order chi connectivity index (χ1) is 13.5. The lowest BCUT2D eigenvalue weighted by Gasteiger charge is -2.38. The number of aromatic nitrogens is 1. The summed E-state index contributed by atoms with van der Waals surface area (Å²) in [6.45, 7) is 4.94. The Bertz CT molecular complexity index is 821. The van der Waals surface area contributed by atoms with Gasteiger partial charge in [0.2, 0.25) is 0 Å². The molecule has 0 spiro atoms. The van der Waals surface area contributed by atoms with E-state index < -0.39 is 0 Å². The number of urea groups is 1. The number of carbonyl (C=O) groups is 1. The van der Waals surface area contributed by atoms with E-state index in [1.54, 1.807) is 11.0 Å². The molecule has 6 nitrogen and oxygen atoms in total. The average Bonchev–Trinajstić information content (AvgIpc) is 3.11. The number of fused-ring (bicyclic) bond motifs is 1. The lowest BCUT2D eigenvalue weighted by Crippen LogP contribution is -2.46. The molecule has 1 aromatic heterocycles. The van der Waals surface area contributed by atoms with Crippen LogP contribution < -0.4 is 0 Å². The zero-order valence-corrected chi connectivity index (χ0v) is 16.7. The van der Waals surface area contributed by atoms with Gasteiger partial charge >= 0.3 is 6.03 Å². The van der Waals surface area contributed by atoms with E-state index >= 15 is 0 Å². The van der Waals surface area contributed by atoms with Gasteiger partial charge in [-0.05, 0) is 56.8 Å². The Morgan fingerprint density at radius 1 is 1.18 bits per heavy atom. The molecule has 0 aliphatic carbocycles. The number of benzene rings is 1. The van der Waals surface area contributed by atoms with Crippen molar-refractivity contribution in [3.05, 3.63) is 29.7 Å². The summed E-state index contributed by atoms with van der Waals surface area (Å²) in [6, 6.07) is 4.80. The molecule has 2 fully saturated rings. The summed E-state index contributed by atoms with van der Waals surface area (Å²) >= 11 is 0. The van der Waals surface area contributed by atoms with Gasteiger partial charge in [0, 0.05) is 51.1 Å². The Balaban J connectivity index is 1.27. The van der Waals surface area contributed by atoms with Crippen LogP contribution in [0.15, 0.2) is 22.7 Å². The summed E-state index contributed by atoms with van der Waals surface area (Å²) in [4.78, 5) is 18.2. The van der Waals surface area contributed by atoms with E-state index in [4.69, 9.17) is 4.52 Å². The average molecular weight is 388 g/mol. The molecule has 28 heavy (non-hydrogen) atoms. The van der Waals surface area contributed by atoms with Gasteiger partial charge in [-0.3, -0.25) is 0 Å². The molecule has 0 saturated carbocycles. The van der Waals surface area contributed by atoms with Gasteiger partial charge < -0.3 is 19.2 Å². The molecule has 2 amide bonds. The highest BCUT2D eigenvalue weighted by molar-refractivity contribution is 5.79. The molecule has 0 N–H and O–H groups in total. The second-order valence-electron chi connectivity index (χ2n) is 8.39. The van der Waals surface area contributed by atoms with Crippen molar-refractivity contribution in [1.29, 1.82) is 0 Å². The van der Waals surface area contributed by atoms with Gasteiger partial charge in [0.25, 0.3) is 0 Å². The van der Waals surface area contributed by atoms with Gasteiger partial charge in [0.1, 0.15) is 5.82 Å². The quantitative estimate of drug-likeness (QED) is 0.807. The number of hydrogen-bond acceptors (Lipinski definition) is 4. The third-order valence-corrected chi connectivity index (χ3v) is 6.22. The molecule has 7 heteroatoms. The Morgan fingerprint density at radius 3 is 2.57 bits per heavy atom. The van der Waals surface area contributed by atoms with E-state index in [1.807, 2.05) is 19.0 Å². The third-order valence-electron chi connectivity index (χ3n) is 6.22. The van der Waals surface area contributed by atoms with E-state index in [0.717, 1.165) is 69.5 Å². The van der Waals surface area contributed by atoms with Crippen molar-refractivity contribution in [1.82, 2.24) is 19.9 Å². The zero-order chi connectivity index (χ0) is 19.7. The lowest BCUT2D eigenvalue weighted by atomic mass is 9.90. The van der Waals surface area contributed by atoms with Crippen molar-refractivity contribution in [3.63, 3.8) is 0 Å². The summed E-state index contributed by atoms with van der Waals surface area (Å²) in [5, 5.41) is 5.18. The Morgan fingerprint density at radius 2 is 1.89 bits per heavy atom. The summed E-state index contributed by atoms with van der Waals surface area (Å²) in [5.41, 5.74) is 1.52. The maximum Gasteiger partial charge on any atom is 0.319 e. The number of rotatable bonds is 3. The van der Waals surface area contributed by atoms with Crippen molar-refractivity contribution >= 4 is 17.0 Å². The number of likely N-dealkylation sites (tertiary alicyclic amines) is 2. The van der Waals surface area contributed by atoms with E-state index in [1.165, 1.54) is 12.1 Å². The van der Waals surface area contributed by atoms with Crippen molar-refractivity contribution in [2.24, 2.45) is 5.92 Å². The van der Waals surface area contributed by atoms with Crippen LogP contribution in [0.2, 0.25) is 0 Å². The van der Waals surface area contributed by atoms with Gasteiger partial charge in [0.05, 0.1) is 5.69 Å².